The van der Waals surface area contributed by atoms with Crippen LogP contribution in [-0.2, 0) is 10.2 Å². The first-order valence-electron chi connectivity index (χ1n) is 10.5. The minimum absolute atomic E-state index is 0.0142. The topological polar surface area (TPSA) is 71.4 Å². The Morgan fingerprint density at radius 3 is 1.90 bits per heavy atom. The third kappa shape index (κ3) is 3.10. The third-order valence-electron chi connectivity index (χ3n) is 6.68. The normalized spacial score (nSPS) is 13.4. The van der Waals surface area contributed by atoms with Crippen LogP contribution in [0.2, 0.25) is 0 Å². The molecule has 0 unspecified atom stereocenters. The number of hydrogen-bond donors (Lipinski definition) is 1. The zero-order chi connectivity index (χ0) is 22.3. The zero-order valence-electron chi connectivity index (χ0n) is 17.9. The molecule has 0 heterocycles. The summed E-state index contributed by atoms with van der Waals surface area (Å²) in [7, 11) is 0. The molecule has 0 aliphatic heterocycles. The van der Waals surface area contributed by atoms with Crippen LogP contribution in [-0.4, -0.2) is 22.6 Å². The van der Waals surface area contributed by atoms with Crippen molar-refractivity contribution in [2.75, 3.05) is 0 Å². The van der Waals surface area contributed by atoms with Crippen molar-refractivity contribution >= 4 is 17.5 Å². The van der Waals surface area contributed by atoms with Crippen molar-refractivity contribution in [1.29, 1.82) is 0 Å². The van der Waals surface area contributed by atoms with Crippen LogP contribution in [0.3, 0.4) is 0 Å². The van der Waals surface area contributed by atoms with Gasteiger partial charge in [-0.3, -0.25) is 9.59 Å². The Balaban J connectivity index is 1.88. The van der Waals surface area contributed by atoms with Gasteiger partial charge in [-0.15, -0.1) is 0 Å². The van der Waals surface area contributed by atoms with E-state index >= 15 is 0 Å². The molecule has 0 saturated carbocycles. The highest BCUT2D eigenvalue weighted by atomic mass is 16.4. The van der Waals surface area contributed by atoms with Crippen LogP contribution < -0.4 is 0 Å². The highest BCUT2D eigenvalue weighted by Crippen LogP contribution is 2.53. The predicted molar refractivity (Wildman–Crippen MR) is 120 cm³/mol. The molecule has 0 saturated heterocycles. The summed E-state index contributed by atoms with van der Waals surface area (Å²) >= 11 is 0. The van der Waals surface area contributed by atoms with Crippen molar-refractivity contribution in [3.8, 4) is 11.1 Å². The largest absolute Gasteiger partial charge is 0.475 e. The second-order valence-electron chi connectivity index (χ2n) is 8.09. The molecule has 0 spiro atoms. The summed E-state index contributed by atoms with van der Waals surface area (Å²) < 4.78 is 0. The van der Waals surface area contributed by atoms with Crippen LogP contribution >= 0.6 is 0 Å². The van der Waals surface area contributed by atoms with Crippen LogP contribution in [0, 0.1) is 6.92 Å². The number of Topliss-reactive ketones (excluding diaryl/α,β-unsaturated/α-hetero) is 1. The van der Waals surface area contributed by atoms with Gasteiger partial charge in [0.15, 0.2) is 5.78 Å². The van der Waals surface area contributed by atoms with E-state index in [1.165, 1.54) is 0 Å². The third-order valence-corrected chi connectivity index (χ3v) is 6.68. The molecule has 4 heteroatoms. The van der Waals surface area contributed by atoms with Crippen LogP contribution in [0.5, 0.6) is 0 Å². The monoisotopic (exact) mass is 412 g/mol. The quantitative estimate of drug-likeness (QED) is 0.424. The van der Waals surface area contributed by atoms with Crippen LogP contribution in [0.15, 0.2) is 60.7 Å². The first-order chi connectivity index (χ1) is 14.8. The molecule has 1 N–H and O–H groups in total. The summed E-state index contributed by atoms with van der Waals surface area (Å²) in [5.74, 6) is -2.38. The number of ketones is 2. The number of carboxylic acids is 1. The van der Waals surface area contributed by atoms with Crippen molar-refractivity contribution in [2.24, 2.45) is 0 Å². The van der Waals surface area contributed by atoms with Crippen LogP contribution in [0.1, 0.15) is 69.7 Å². The smallest absolute Gasteiger partial charge is 0.377 e. The van der Waals surface area contributed by atoms with E-state index in [2.05, 4.69) is 13.8 Å². The van der Waals surface area contributed by atoms with Gasteiger partial charge in [-0.1, -0.05) is 62.4 Å². The number of hydrogen-bond acceptors (Lipinski definition) is 3. The average molecular weight is 412 g/mol. The SMILES string of the molecule is CCC1(CC)c2cc(C(=O)C(=O)O)ccc2-c2ccc(C(=O)c3ccccc3C)cc21. The fraction of sp³-hybridized carbons (Fsp3) is 0.222. The second-order valence-corrected chi connectivity index (χ2v) is 8.09. The van der Waals surface area contributed by atoms with E-state index in [-0.39, 0.29) is 16.8 Å². The Labute approximate surface area is 181 Å². The maximum Gasteiger partial charge on any atom is 0.377 e. The van der Waals surface area contributed by atoms with E-state index < -0.39 is 11.8 Å². The molecule has 3 aromatic carbocycles. The van der Waals surface area contributed by atoms with Gasteiger partial charge in [0.2, 0.25) is 0 Å². The summed E-state index contributed by atoms with van der Waals surface area (Å²) in [6, 6.07) is 18.5. The molecule has 0 amide bonds. The zero-order valence-corrected chi connectivity index (χ0v) is 17.9. The van der Waals surface area contributed by atoms with Gasteiger partial charge in [-0.05, 0) is 59.7 Å². The lowest BCUT2D eigenvalue weighted by atomic mass is 9.73. The number of carboxylic acid groups (broad SMARTS) is 1. The van der Waals surface area contributed by atoms with Gasteiger partial charge in [0.1, 0.15) is 0 Å². The van der Waals surface area contributed by atoms with Gasteiger partial charge in [0.25, 0.3) is 5.78 Å². The van der Waals surface area contributed by atoms with Gasteiger partial charge in [0, 0.05) is 22.1 Å². The first-order valence-corrected chi connectivity index (χ1v) is 10.5. The molecular weight excluding hydrogens is 388 g/mol. The molecule has 0 aromatic heterocycles. The fourth-order valence-electron chi connectivity index (χ4n) is 4.90. The number of carbonyl (C=O) groups excluding carboxylic acids is 2. The molecule has 0 radical (unpaired) electrons. The maximum atomic E-state index is 13.2. The maximum absolute atomic E-state index is 13.2. The van der Waals surface area contributed by atoms with E-state index in [1.54, 1.807) is 12.1 Å². The van der Waals surface area contributed by atoms with E-state index in [0.717, 1.165) is 40.7 Å². The Hall–Kier alpha value is -3.53. The molecule has 3 aromatic rings. The minimum atomic E-state index is -1.46. The van der Waals surface area contributed by atoms with Gasteiger partial charge in [-0.2, -0.15) is 0 Å². The Kier molecular flexibility index (Phi) is 5.10. The number of fused-ring (bicyclic) bond motifs is 3. The standard InChI is InChI=1S/C27H24O4/c1-4-27(5-2)22-14-17(24(28)19-9-7-6-8-16(19)3)10-12-20(22)21-13-11-18(15-23(21)27)25(29)26(30)31/h6-15H,4-5H2,1-3H3,(H,30,31). The Morgan fingerprint density at radius 2 is 1.35 bits per heavy atom. The summed E-state index contributed by atoms with van der Waals surface area (Å²) in [5.41, 5.74) is 6.12. The number of rotatable bonds is 6. The minimum Gasteiger partial charge on any atom is -0.475 e. The Bertz CT molecular complexity index is 1230. The predicted octanol–water partition coefficient (Wildman–Crippen LogP) is 5.58. The molecule has 4 nitrogen and oxygen atoms in total. The molecule has 1 aliphatic carbocycles. The van der Waals surface area contributed by atoms with Gasteiger partial charge in [-0.25, -0.2) is 4.79 Å². The van der Waals surface area contributed by atoms with E-state index in [9.17, 15) is 14.4 Å². The number of aryl methyl sites for hydroxylation is 1. The van der Waals surface area contributed by atoms with Gasteiger partial charge < -0.3 is 5.11 Å². The molecule has 1 aliphatic rings. The number of benzene rings is 3. The second kappa shape index (κ2) is 7.62. The van der Waals surface area contributed by atoms with Crippen molar-refractivity contribution in [1.82, 2.24) is 0 Å². The molecule has 156 valence electrons. The molecule has 0 fully saturated rings. The van der Waals surface area contributed by atoms with Crippen molar-refractivity contribution in [3.05, 3.63) is 94.0 Å². The van der Waals surface area contributed by atoms with Crippen molar-refractivity contribution in [2.45, 2.75) is 39.0 Å². The average Bonchev–Trinajstić information content (AvgIpc) is 3.07. The van der Waals surface area contributed by atoms with E-state index in [4.69, 9.17) is 5.11 Å². The lowest BCUT2D eigenvalue weighted by molar-refractivity contribution is -0.131. The number of aliphatic carboxylic acids is 1. The Morgan fingerprint density at radius 1 is 0.806 bits per heavy atom. The lowest BCUT2D eigenvalue weighted by Gasteiger charge is -2.30. The van der Waals surface area contributed by atoms with Gasteiger partial charge in [0.05, 0.1) is 0 Å². The summed E-state index contributed by atoms with van der Waals surface area (Å²) in [6.07, 6.45) is 1.55. The van der Waals surface area contributed by atoms with Crippen molar-refractivity contribution < 1.29 is 19.5 Å². The molecule has 0 atom stereocenters. The van der Waals surface area contributed by atoms with Crippen molar-refractivity contribution in [3.63, 3.8) is 0 Å². The van der Waals surface area contributed by atoms with Crippen LogP contribution in [0.25, 0.3) is 11.1 Å². The molecule has 0 bridgehead atoms. The molecule has 31 heavy (non-hydrogen) atoms. The first kappa shape index (κ1) is 20.7. The number of carbonyl (C=O) groups is 3. The summed E-state index contributed by atoms with van der Waals surface area (Å²) in [6.45, 7) is 6.10. The summed E-state index contributed by atoms with van der Waals surface area (Å²) in [5, 5.41) is 9.14. The van der Waals surface area contributed by atoms with E-state index in [1.807, 2.05) is 55.5 Å². The van der Waals surface area contributed by atoms with Crippen LogP contribution in [0.4, 0.5) is 0 Å². The summed E-state index contributed by atoms with van der Waals surface area (Å²) in [4.78, 5) is 36.5. The van der Waals surface area contributed by atoms with E-state index in [0.29, 0.717) is 11.1 Å². The highest BCUT2D eigenvalue weighted by molar-refractivity contribution is 6.40. The lowest BCUT2D eigenvalue weighted by Crippen LogP contribution is -2.24. The fourth-order valence-corrected chi connectivity index (χ4v) is 4.90. The molecule has 4 rings (SSSR count). The molecular formula is C27H24O4. The highest BCUT2D eigenvalue weighted by Gasteiger charge is 2.41. The van der Waals surface area contributed by atoms with Gasteiger partial charge >= 0.3 is 5.97 Å².